The van der Waals surface area contributed by atoms with Crippen LogP contribution in [-0.4, -0.2) is 19.9 Å². The summed E-state index contributed by atoms with van der Waals surface area (Å²) in [5, 5.41) is 2.70. The summed E-state index contributed by atoms with van der Waals surface area (Å²) in [5.74, 6) is 0.468. The van der Waals surface area contributed by atoms with Crippen LogP contribution in [-0.2, 0) is 0 Å². The minimum atomic E-state index is 0.234. The van der Waals surface area contributed by atoms with E-state index in [0.29, 0.717) is 41.9 Å². The normalized spacial score (nSPS) is 11.2. The van der Waals surface area contributed by atoms with E-state index in [4.69, 9.17) is 51.1 Å². The summed E-state index contributed by atoms with van der Waals surface area (Å²) in [6, 6.07) is 6.52. The largest absolute Gasteiger partial charge is 0.419 e. The van der Waals surface area contributed by atoms with Gasteiger partial charge in [0.2, 0.25) is 11.8 Å². The van der Waals surface area contributed by atoms with Gasteiger partial charge < -0.3 is 4.74 Å². The van der Waals surface area contributed by atoms with Crippen molar-refractivity contribution < 1.29 is 4.74 Å². The maximum atomic E-state index is 6.28. The standard InChI is InChI=1S/C16H6Cl4N4O/c17-7-1-9(19)13-11(3-7)21-5-23-15(13)25-16-14-10(20)2-8(18)4-12(14)22-6-24-16/h1-6H. The van der Waals surface area contributed by atoms with Crippen molar-refractivity contribution in [3.63, 3.8) is 0 Å². The molecule has 4 rings (SSSR count). The Bertz CT molecular complexity index is 1050. The average molecular weight is 412 g/mol. The molecule has 124 valence electrons. The Morgan fingerprint density at radius 1 is 0.600 bits per heavy atom. The van der Waals surface area contributed by atoms with Crippen LogP contribution in [0.15, 0.2) is 36.9 Å². The van der Waals surface area contributed by atoms with Crippen molar-refractivity contribution in [3.8, 4) is 11.8 Å². The molecule has 0 spiro atoms. The van der Waals surface area contributed by atoms with Crippen molar-refractivity contribution in [2.75, 3.05) is 0 Å². The molecule has 0 atom stereocenters. The molecule has 0 radical (unpaired) electrons. The van der Waals surface area contributed by atoms with E-state index < -0.39 is 0 Å². The molecule has 0 unspecified atom stereocenters. The zero-order valence-corrected chi connectivity index (χ0v) is 15.2. The van der Waals surface area contributed by atoms with Gasteiger partial charge in [-0.05, 0) is 24.3 Å². The summed E-state index contributed by atoms with van der Waals surface area (Å²) < 4.78 is 5.89. The van der Waals surface area contributed by atoms with E-state index in [1.807, 2.05) is 0 Å². The van der Waals surface area contributed by atoms with Crippen molar-refractivity contribution in [2.45, 2.75) is 0 Å². The van der Waals surface area contributed by atoms with Gasteiger partial charge in [0, 0.05) is 10.0 Å². The first kappa shape index (κ1) is 16.5. The predicted octanol–water partition coefficient (Wildman–Crippen LogP) is 5.98. The second-order valence-corrected chi connectivity index (χ2v) is 6.71. The molecular formula is C16H6Cl4N4O. The lowest BCUT2D eigenvalue weighted by atomic mass is 10.2. The molecule has 4 aromatic rings. The molecule has 9 heteroatoms. The highest BCUT2D eigenvalue weighted by Crippen LogP contribution is 2.37. The molecular weight excluding hydrogens is 406 g/mol. The maximum absolute atomic E-state index is 6.28. The fourth-order valence-electron chi connectivity index (χ4n) is 2.41. The first-order valence-corrected chi connectivity index (χ1v) is 8.41. The third kappa shape index (κ3) is 3.04. The van der Waals surface area contributed by atoms with Crippen LogP contribution in [0.25, 0.3) is 21.8 Å². The fourth-order valence-corrected chi connectivity index (χ4v) is 3.54. The molecule has 0 fully saturated rings. The Hall–Kier alpha value is -1.92. The van der Waals surface area contributed by atoms with E-state index in [0.717, 1.165) is 0 Å². The summed E-state index contributed by atoms with van der Waals surface area (Å²) in [7, 11) is 0. The maximum Gasteiger partial charge on any atom is 0.233 e. The van der Waals surface area contributed by atoms with Gasteiger partial charge in [0.25, 0.3) is 0 Å². The van der Waals surface area contributed by atoms with E-state index in [1.165, 1.54) is 12.7 Å². The number of fused-ring (bicyclic) bond motifs is 2. The topological polar surface area (TPSA) is 60.8 Å². The number of rotatable bonds is 2. The smallest absolute Gasteiger partial charge is 0.233 e. The molecule has 0 aliphatic carbocycles. The average Bonchev–Trinajstić information content (AvgIpc) is 2.54. The number of nitrogens with zero attached hydrogens (tertiary/aromatic N) is 4. The van der Waals surface area contributed by atoms with Gasteiger partial charge in [0.05, 0.1) is 31.9 Å². The molecule has 0 saturated carbocycles. The molecule has 0 aliphatic rings. The van der Waals surface area contributed by atoms with E-state index in [-0.39, 0.29) is 11.8 Å². The SMILES string of the molecule is Clc1cc(Cl)c2c(Oc3ncnc4cc(Cl)cc(Cl)c34)ncnc2c1. The molecule has 25 heavy (non-hydrogen) atoms. The Kier molecular flexibility index (Phi) is 4.25. The quantitative estimate of drug-likeness (QED) is 0.406. The monoisotopic (exact) mass is 410 g/mol. The van der Waals surface area contributed by atoms with Crippen LogP contribution in [0.3, 0.4) is 0 Å². The molecule has 0 bridgehead atoms. The number of halogens is 4. The van der Waals surface area contributed by atoms with Gasteiger partial charge in [0.15, 0.2) is 0 Å². The first-order chi connectivity index (χ1) is 12.0. The lowest BCUT2D eigenvalue weighted by molar-refractivity contribution is 0.454. The minimum Gasteiger partial charge on any atom is -0.419 e. The Morgan fingerprint density at radius 2 is 1.04 bits per heavy atom. The fraction of sp³-hybridized carbons (Fsp3) is 0. The first-order valence-electron chi connectivity index (χ1n) is 6.90. The van der Waals surface area contributed by atoms with Crippen LogP contribution in [0.4, 0.5) is 0 Å². The van der Waals surface area contributed by atoms with Gasteiger partial charge in [-0.3, -0.25) is 0 Å². The van der Waals surface area contributed by atoms with E-state index in [1.54, 1.807) is 24.3 Å². The van der Waals surface area contributed by atoms with Crippen molar-refractivity contribution in [1.82, 2.24) is 19.9 Å². The summed E-state index contributed by atoms with van der Waals surface area (Å²) in [5.41, 5.74) is 1.10. The van der Waals surface area contributed by atoms with Gasteiger partial charge in [-0.2, -0.15) is 0 Å². The molecule has 0 saturated heterocycles. The number of hydrogen-bond donors (Lipinski definition) is 0. The number of aromatic nitrogens is 4. The zero-order valence-electron chi connectivity index (χ0n) is 12.2. The van der Waals surface area contributed by atoms with E-state index in [2.05, 4.69) is 19.9 Å². The number of benzene rings is 2. The van der Waals surface area contributed by atoms with Crippen LogP contribution >= 0.6 is 46.4 Å². The van der Waals surface area contributed by atoms with Crippen molar-refractivity contribution in [1.29, 1.82) is 0 Å². The van der Waals surface area contributed by atoms with Crippen molar-refractivity contribution in [3.05, 3.63) is 57.0 Å². The number of ether oxygens (including phenoxy) is 1. The van der Waals surface area contributed by atoms with Crippen molar-refractivity contribution >= 4 is 68.2 Å². The van der Waals surface area contributed by atoms with Crippen LogP contribution in [0.2, 0.25) is 20.1 Å². The number of hydrogen-bond acceptors (Lipinski definition) is 5. The molecule has 2 heterocycles. The Balaban J connectivity index is 1.92. The van der Waals surface area contributed by atoms with Gasteiger partial charge in [-0.25, -0.2) is 19.9 Å². The van der Waals surface area contributed by atoms with Crippen LogP contribution in [0.1, 0.15) is 0 Å². The van der Waals surface area contributed by atoms with Crippen LogP contribution in [0.5, 0.6) is 11.8 Å². The van der Waals surface area contributed by atoms with Crippen LogP contribution in [0, 0.1) is 0 Å². The second-order valence-electron chi connectivity index (χ2n) is 5.02. The summed E-state index contributed by atoms with van der Waals surface area (Å²) >= 11 is 24.6. The third-order valence-corrected chi connectivity index (χ3v) is 4.47. The van der Waals surface area contributed by atoms with Gasteiger partial charge in [0.1, 0.15) is 12.7 Å². The summed E-state index contributed by atoms with van der Waals surface area (Å²) in [6.45, 7) is 0. The highest BCUT2D eigenvalue weighted by molar-refractivity contribution is 6.39. The second kappa shape index (κ2) is 6.42. The predicted molar refractivity (Wildman–Crippen MR) is 99.2 cm³/mol. The third-order valence-electron chi connectivity index (χ3n) is 3.43. The zero-order chi connectivity index (χ0) is 17.6. The lowest BCUT2D eigenvalue weighted by Crippen LogP contribution is -1.96. The summed E-state index contributed by atoms with van der Waals surface area (Å²) in [4.78, 5) is 16.6. The highest BCUT2D eigenvalue weighted by Gasteiger charge is 2.16. The van der Waals surface area contributed by atoms with Gasteiger partial charge >= 0.3 is 0 Å². The highest BCUT2D eigenvalue weighted by atomic mass is 35.5. The van der Waals surface area contributed by atoms with Crippen molar-refractivity contribution in [2.24, 2.45) is 0 Å². The molecule has 0 N–H and O–H groups in total. The van der Waals surface area contributed by atoms with Crippen LogP contribution < -0.4 is 4.74 Å². The van der Waals surface area contributed by atoms with E-state index in [9.17, 15) is 0 Å². The molecule has 5 nitrogen and oxygen atoms in total. The molecule has 0 aliphatic heterocycles. The molecule has 2 aromatic heterocycles. The molecule has 2 aromatic carbocycles. The van der Waals surface area contributed by atoms with Gasteiger partial charge in [-0.1, -0.05) is 46.4 Å². The lowest BCUT2D eigenvalue weighted by Gasteiger charge is -2.10. The minimum absolute atomic E-state index is 0.234. The Labute approximate surface area is 161 Å². The molecule has 0 amide bonds. The Morgan fingerprint density at radius 3 is 1.48 bits per heavy atom. The van der Waals surface area contributed by atoms with Gasteiger partial charge in [-0.15, -0.1) is 0 Å². The summed E-state index contributed by atoms with van der Waals surface area (Å²) in [6.07, 6.45) is 2.71. The van der Waals surface area contributed by atoms with E-state index >= 15 is 0 Å².